The van der Waals surface area contributed by atoms with Crippen molar-refractivity contribution >= 4 is 17.3 Å². The number of aryl methyl sites for hydroxylation is 3. The summed E-state index contributed by atoms with van der Waals surface area (Å²) in [6.07, 6.45) is 5.92. The molecule has 0 atom stereocenters. The van der Waals surface area contributed by atoms with E-state index in [1.807, 2.05) is 6.92 Å². The number of aromatic nitrogens is 4. The second-order valence-corrected chi connectivity index (χ2v) is 6.76. The lowest BCUT2D eigenvalue weighted by atomic mass is 10.2. The zero-order valence-corrected chi connectivity index (χ0v) is 16.3. The van der Waals surface area contributed by atoms with Gasteiger partial charge in [0, 0.05) is 43.7 Å². The van der Waals surface area contributed by atoms with E-state index in [9.17, 15) is 0 Å². The van der Waals surface area contributed by atoms with Crippen molar-refractivity contribution in [2.24, 2.45) is 4.99 Å². The van der Waals surface area contributed by atoms with Gasteiger partial charge in [0.1, 0.15) is 12.2 Å². The van der Waals surface area contributed by atoms with Crippen LogP contribution in [0.2, 0.25) is 0 Å². The SMILES string of the molecule is CCNC(=NCCCCc1nc(C)cs1)NCCn1cnnc1CC. The van der Waals surface area contributed by atoms with Crippen LogP contribution in [0.3, 0.4) is 0 Å². The Bertz CT molecular complexity index is 647. The summed E-state index contributed by atoms with van der Waals surface area (Å²) in [6.45, 7) is 9.54. The van der Waals surface area contributed by atoms with Crippen molar-refractivity contribution < 1.29 is 0 Å². The van der Waals surface area contributed by atoms with E-state index in [4.69, 9.17) is 0 Å². The molecule has 0 radical (unpaired) electrons. The van der Waals surface area contributed by atoms with Gasteiger partial charge in [-0.2, -0.15) is 0 Å². The van der Waals surface area contributed by atoms with Crippen LogP contribution in [-0.2, 0) is 19.4 Å². The van der Waals surface area contributed by atoms with Crippen LogP contribution in [0.15, 0.2) is 16.7 Å². The van der Waals surface area contributed by atoms with Crippen LogP contribution in [0.1, 0.15) is 43.2 Å². The number of aliphatic imine (C=N–C) groups is 1. The Morgan fingerprint density at radius 2 is 2.16 bits per heavy atom. The molecule has 0 aliphatic carbocycles. The Hall–Kier alpha value is -1.96. The number of unbranched alkanes of at least 4 members (excludes halogenated alkanes) is 1. The smallest absolute Gasteiger partial charge is 0.191 e. The number of rotatable bonds is 10. The largest absolute Gasteiger partial charge is 0.357 e. The third-order valence-electron chi connectivity index (χ3n) is 3.74. The monoisotopic (exact) mass is 363 g/mol. The van der Waals surface area contributed by atoms with Gasteiger partial charge in [-0.25, -0.2) is 4.98 Å². The van der Waals surface area contributed by atoms with Crippen molar-refractivity contribution in [3.8, 4) is 0 Å². The van der Waals surface area contributed by atoms with E-state index < -0.39 is 0 Å². The summed E-state index contributed by atoms with van der Waals surface area (Å²) >= 11 is 1.75. The first-order chi connectivity index (χ1) is 12.2. The summed E-state index contributed by atoms with van der Waals surface area (Å²) in [6, 6.07) is 0. The molecule has 7 nitrogen and oxygen atoms in total. The highest BCUT2D eigenvalue weighted by molar-refractivity contribution is 7.09. The Labute approximate surface area is 154 Å². The summed E-state index contributed by atoms with van der Waals surface area (Å²) in [5.74, 6) is 1.89. The van der Waals surface area contributed by atoms with E-state index >= 15 is 0 Å². The lowest BCUT2D eigenvalue weighted by Gasteiger charge is -2.12. The minimum absolute atomic E-state index is 0.801. The Kier molecular flexibility index (Phi) is 8.38. The lowest BCUT2D eigenvalue weighted by Crippen LogP contribution is -2.39. The molecule has 0 fully saturated rings. The van der Waals surface area contributed by atoms with Gasteiger partial charge in [0.05, 0.1) is 5.01 Å². The van der Waals surface area contributed by atoms with E-state index in [2.05, 4.69) is 54.6 Å². The number of nitrogens with one attached hydrogen (secondary N) is 2. The zero-order chi connectivity index (χ0) is 17.9. The molecule has 0 aliphatic rings. The molecule has 138 valence electrons. The van der Waals surface area contributed by atoms with Gasteiger partial charge >= 0.3 is 0 Å². The van der Waals surface area contributed by atoms with Gasteiger partial charge < -0.3 is 15.2 Å². The fourth-order valence-electron chi connectivity index (χ4n) is 2.47. The van der Waals surface area contributed by atoms with Crippen LogP contribution in [0.5, 0.6) is 0 Å². The number of hydrogen-bond donors (Lipinski definition) is 2. The molecule has 0 bridgehead atoms. The van der Waals surface area contributed by atoms with Crippen LogP contribution >= 0.6 is 11.3 Å². The molecule has 2 rings (SSSR count). The molecule has 2 aromatic rings. The molecule has 0 saturated heterocycles. The van der Waals surface area contributed by atoms with Gasteiger partial charge in [-0.15, -0.1) is 21.5 Å². The molecule has 8 heteroatoms. The summed E-state index contributed by atoms with van der Waals surface area (Å²) in [4.78, 5) is 9.15. The van der Waals surface area contributed by atoms with Gasteiger partial charge in [0.15, 0.2) is 5.96 Å². The summed E-state index contributed by atoms with van der Waals surface area (Å²) in [5, 5.41) is 18.1. The maximum atomic E-state index is 4.65. The van der Waals surface area contributed by atoms with E-state index in [0.29, 0.717) is 0 Å². The Morgan fingerprint density at radius 3 is 2.88 bits per heavy atom. The summed E-state index contributed by atoms with van der Waals surface area (Å²) in [7, 11) is 0. The molecule has 0 spiro atoms. The maximum Gasteiger partial charge on any atom is 0.191 e. The molecule has 0 amide bonds. The first-order valence-electron chi connectivity index (χ1n) is 9.02. The topological polar surface area (TPSA) is 80.0 Å². The van der Waals surface area contributed by atoms with Crippen molar-refractivity contribution in [2.45, 2.75) is 53.0 Å². The highest BCUT2D eigenvalue weighted by atomic mass is 32.1. The molecule has 2 N–H and O–H groups in total. The predicted octanol–water partition coefficient (Wildman–Crippen LogP) is 2.18. The van der Waals surface area contributed by atoms with Crippen molar-refractivity contribution in [2.75, 3.05) is 19.6 Å². The molecular weight excluding hydrogens is 334 g/mol. The minimum atomic E-state index is 0.801. The van der Waals surface area contributed by atoms with Gasteiger partial charge in [-0.1, -0.05) is 6.92 Å². The maximum absolute atomic E-state index is 4.65. The molecule has 0 aromatic carbocycles. The van der Waals surface area contributed by atoms with Gasteiger partial charge in [-0.3, -0.25) is 4.99 Å². The van der Waals surface area contributed by atoms with E-state index in [1.54, 1.807) is 17.7 Å². The molecule has 25 heavy (non-hydrogen) atoms. The van der Waals surface area contributed by atoms with E-state index in [1.165, 1.54) is 5.01 Å². The van der Waals surface area contributed by atoms with Crippen LogP contribution in [-0.4, -0.2) is 45.3 Å². The normalized spacial score (nSPS) is 11.7. The fourth-order valence-corrected chi connectivity index (χ4v) is 3.29. The highest BCUT2D eigenvalue weighted by Gasteiger charge is 2.02. The Morgan fingerprint density at radius 1 is 1.28 bits per heavy atom. The molecule has 0 saturated carbocycles. The number of hydrogen-bond acceptors (Lipinski definition) is 5. The summed E-state index contributed by atoms with van der Waals surface area (Å²) in [5.41, 5.74) is 1.12. The predicted molar refractivity (Wildman–Crippen MR) is 103 cm³/mol. The average molecular weight is 364 g/mol. The molecule has 2 heterocycles. The average Bonchev–Trinajstić information content (AvgIpc) is 3.23. The van der Waals surface area contributed by atoms with Crippen LogP contribution in [0, 0.1) is 6.92 Å². The number of nitrogens with zero attached hydrogens (tertiary/aromatic N) is 5. The van der Waals surface area contributed by atoms with Crippen LogP contribution in [0.25, 0.3) is 0 Å². The molecule has 2 aromatic heterocycles. The molecule has 0 aliphatic heterocycles. The van der Waals surface area contributed by atoms with Crippen LogP contribution < -0.4 is 10.6 Å². The highest BCUT2D eigenvalue weighted by Crippen LogP contribution is 2.11. The Balaban J connectivity index is 1.68. The second kappa shape index (κ2) is 10.8. The first kappa shape index (κ1) is 19.4. The van der Waals surface area contributed by atoms with Crippen molar-refractivity contribution in [3.63, 3.8) is 0 Å². The lowest BCUT2D eigenvalue weighted by molar-refractivity contribution is 0.631. The van der Waals surface area contributed by atoms with E-state index in [0.717, 1.165) is 69.3 Å². The van der Waals surface area contributed by atoms with Gasteiger partial charge in [0.2, 0.25) is 0 Å². The van der Waals surface area contributed by atoms with Crippen molar-refractivity contribution in [1.29, 1.82) is 0 Å². The fraction of sp³-hybridized carbons (Fsp3) is 0.647. The third-order valence-corrected chi connectivity index (χ3v) is 4.76. The van der Waals surface area contributed by atoms with Crippen molar-refractivity contribution in [1.82, 2.24) is 30.4 Å². The minimum Gasteiger partial charge on any atom is -0.357 e. The van der Waals surface area contributed by atoms with E-state index in [-0.39, 0.29) is 0 Å². The standard InChI is InChI=1S/C17H29N7S/c1-4-15-23-21-13-24(15)11-10-20-17(18-5-2)19-9-7-6-8-16-22-14(3)12-25-16/h12-13H,4-11H2,1-3H3,(H2,18,19,20). The van der Waals surface area contributed by atoms with Crippen LogP contribution in [0.4, 0.5) is 0 Å². The quantitative estimate of drug-likeness (QED) is 0.384. The second-order valence-electron chi connectivity index (χ2n) is 5.82. The van der Waals surface area contributed by atoms with Crippen molar-refractivity contribution in [3.05, 3.63) is 28.2 Å². The third kappa shape index (κ3) is 6.81. The van der Waals surface area contributed by atoms with Gasteiger partial charge in [0.25, 0.3) is 0 Å². The molecule has 0 unspecified atom stereocenters. The number of guanidine groups is 1. The van der Waals surface area contributed by atoms with Gasteiger partial charge in [-0.05, 0) is 33.1 Å². The molecular formula is C17H29N7S. The zero-order valence-electron chi connectivity index (χ0n) is 15.5. The number of thiazole rings is 1. The first-order valence-corrected chi connectivity index (χ1v) is 9.90. The summed E-state index contributed by atoms with van der Waals surface area (Å²) < 4.78 is 2.08.